The largest absolute Gasteiger partial charge is 0.497 e. The molecule has 0 aliphatic heterocycles. The Bertz CT molecular complexity index is 1410. The Morgan fingerprint density at radius 2 is 1.59 bits per heavy atom. The van der Waals surface area contributed by atoms with Crippen LogP contribution in [-0.4, -0.2) is 60.1 Å². The molecule has 8 heteroatoms. The molecule has 0 aliphatic rings. The third-order valence-corrected chi connectivity index (χ3v) is 7.34. The van der Waals surface area contributed by atoms with Gasteiger partial charge in [-0.1, -0.05) is 58.4 Å². The van der Waals surface area contributed by atoms with Crippen molar-refractivity contribution in [3.63, 3.8) is 0 Å². The van der Waals surface area contributed by atoms with E-state index in [1.165, 1.54) is 0 Å². The first-order chi connectivity index (χ1) is 20.0. The van der Waals surface area contributed by atoms with Crippen molar-refractivity contribution >= 4 is 27.7 Å². The molecule has 0 saturated heterocycles. The Balaban J connectivity index is 1.56. The first kappa shape index (κ1) is 30.1. The average molecular weight is 619 g/mol. The van der Waals surface area contributed by atoms with E-state index in [0.717, 1.165) is 27.0 Å². The second-order valence-corrected chi connectivity index (χ2v) is 10.7. The van der Waals surface area contributed by atoms with Gasteiger partial charge in [-0.2, -0.15) is 0 Å². The molecule has 1 heterocycles. The van der Waals surface area contributed by atoms with Gasteiger partial charge in [-0.15, -0.1) is 0 Å². The molecule has 0 unspecified atom stereocenters. The zero-order valence-electron chi connectivity index (χ0n) is 23.5. The van der Waals surface area contributed by atoms with Gasteiger partial charge in [0.2, 0.25) is 5.91 Å². The number of benzene rings is 3. The zero-order valence-corrected chi connectivity index (χ0v) is 25.1. The summed E-state index contributed by atoms with van der Waals surface area (Å²) in [6.07, 6.45) is 2.65. The number of aromatic nitrogens is 1. The fourth-order valence-electron chi connectivity index (χ4n) is 4.64. The van der Waals surface area contributed by atoms with E-state index in [1.54, 1.807) is 31.3 Å². The lowest BCUT2D eigenvalue weighted by molar-refractivity contribution is -0.133. The maximum atomic E-state index is 13.9. The molecule has 2 amide bonds. The van der Waals surface area contributed by atoms with Gasteiger partial charge in [-0.3, -0.25) is 9.59 Å². The quantitative estimate of drug-likeness (QED) is 0.162. The van der Waals surface area contributed by atoms with Crippen LogP contribution in [0.25, 0.3) is 0 Å². The van der Waals surface area contributed by atoms with E-state index in [0.29, 0.717) is 44.8 Å². The van der Waals surface area contributed by atoms with Crippen molar-refractivity contribution in [2.75, 3.05) is 33.9 Å². The Kier molecular flexibility index (Phi) is 11.2. The molecule has 7 nitrogen and oxygen atoms in total. The smallest absolute Gasteiger partial charge is 0.254 e. The summed E-state index contributed by atoms with van der Waals surface area (Å²) in [6, 6.07) is 29.1. The predicted molar refractivity (Wildman–Crippen MR) is 164 cm³/mol. The van der Waals surface area contributed by atoms with Crippen molar-refractivity contribution in [2.24, 2.45) is 0 Å². The van der Waals surface area contributed by atoms with Crippen LogP contribution in [0, 0.1) is 0 Å². The summed E-state index contributed by atoms with van der Waals surface area (Å²) in [6.45, 7) is 2.38. The molecule has 214 valence electrons. The van der Waals surface area contributed by atoms with Crippen molar-refractivity contribution in [1.29, 1.82) is 0 Å². The van der Waals surface area contributed by atoms with E-state index < -0.39 is 0 Å². The predicted octanol–water partition coefficient (Wildman–Crippen LogP) is 6.02. The summed E-state index contributed by atoms with van der Waals surface area (Å²) in [5, 5.41) is 0. The number of rotatable bonds is 14. The normalized spacial score (nSPS) is 10.8. The third kappa shape index (κ3) is 8.80. The Labute approximate surface area is 250 Å². The van der Waals surface area contributed by atoms with Crippen LogP contribution in [0.2, 0.25) is 0 Å². The van der Waals surface area contributed by atoms with Gasteiger partial charge in [0, 0.05) is 55.3 Å². The first-order valence-electron chi connectivity index (χ1n) is 13.6. The Morgan fingerprint density at radius 3 is 2.32 bits per heavy atom. The molecule has 0 atom stereocenters. The van der Waals surface area contributed by atoms with Crippen molar-refractivity contribution in [3.05, 3.63) is 124 Å². The molecule has 0 N–H and O–H groups in total. The number of ether oxygens (including phenoxy) is 2. The molecular weight excluding hydrogens is 582 g/mol. The van der Waals surface area contributed by atoms with Crippen LogP contribution in [0.4, 0.5) is 0 Å². The zero-order chi connectivity index (χ0) is 29.0. The summed E-state index contributed by atoms with van der Waals surface area (Å²) in [5.41, 5.74) is 3.67. The monoisotopic (exact) mass is 617 g/mol. The van der Waals surface area contributed by atoms with E-state index in [-0.39, 0.29) is 18.4 Å². The van der Waals surface area contributed by atoms with Crippen LogP contribution < -0.4 is 4.74 Å². The van der Waals surface area contributed by atoms with Gasteiger partial charge in [0.1, 0.15) is 12.3 Å². The van der Waals surface area contributed by atoms with E-state index in [9.17, 15) is 9.59 Å². The maximum Gasteiger partial charge on any atom is 0.254 e. The standard InChI is InChI=1S/C33H36BrN3O4/c1-40-20-8-19-36(33(39)28-14-16-29(34)17-15-28)25-32(38)37(22-26-9-4-3-5-10-26)24-30-12-7-18-35(30)23-27-11-6-13-31(21-27)41-2/h3-7,9-18,21H,8,19-20,22-25H2,1-2H3. The van der Waals surface area contributed by atoms with Crippen molar-refractivity contribution in [3.8, 4) is 5.75 Å². The molecule has 1 aromatic heterocycles. The fourth-order valence-corrected chi connectivity index (χ4v) is 4.90. The number of nitrogens with zero attached hydrogens (tertiary/aromatic N) is 3. The lowest BCUT2D eigenvalue weighted by Gasteiger charge is -2.28. The van der Waals surface area contributed by atoms with Gasteiger partial charge in [-0.25, -0.2) is 0 Å². The number of hydrogen-bond acceptors (Lipinski definition) is 4. The van der Waals surface area contributed by atoms with Gasteiger partial charge < -0.3 is 23.8 Å². The average Bonchev–Trinajstić information content (AvgIpc) is 3.43. The molecule has 0 bridgehead atoms. The highest BCUT2D eigenvalue weighted by atomic mass is 79.9. The lowest BCUT2D eigenvalue weighted by atomic mass is 10.1. The second-order valence-electron chi connectivity index (χ2n) is 9.79. The van der Waals surface area contributed by atoms with E-state index in [1.807, 2.05) is 83.9 Å². The van der Waals surface area contributed by atoms with Crippen LogP contribution in [0.15, 0.2) is 102 Å². The molecule has 4 rings (SSSR count). The Morgan fingerprint density at radius 1 is 0.829 bits per heavy atom. The molecule has 0 spiro atoms. The summed E-state index contributed by atoms with van der Waals surface area (Å²) in [7, 11) is 3.29. The van der Waals surface area contributed by atoms with Crippen molar-refractivity contribution < 1.29 is 19.1 Å². The van der Waals surface area contributed by atoms with Gasteiger partial charge in [-0.05, 0) is 66.1 Å². The minimum atomic E-state index is -0.178. The first-order valence-corrected chi connectivity index (χ1v) is 14.4. The molecule has 41 heavy (non-hydrogen) atoms. The highest BCUT2D eigenvalue weighted by Gasteiger charge is 2.23. The van der Waals surface area contributed by atoms with E-state index in [2.05, 4.69) is 26.6 Å². The summed E-state index contributed by atoms with van der Waals surface area (Å²) in [4.78, 5) is 30.9. The molecule has 0 fully saturated rings. The summed E-state index contributed by atoms with van der Waals surface area (Å²) < 4.78 is 13.6. The van der Waals surface area contributed by atoms with Crippen molar-refractivity contribution in [1.82, 2.24) is 14.4 Å². The molecule has 0 saturated carbocycles. The van der Waals surface area contributed by atoms with Crippen LogP contribution in [0.1, 0.15) is 33.6 Å². The number of halogens is 1. The molecule has 3 aromatic carbocycles. The van der Waals surface area contributed by atoms with E-state index >= 15 is 0 Å². The number of amides is 2. The number of hydrogen-bond donors (Lipinski definition) is 0. The van der Waals surface area contributed by atoms with Crippen molar-refractivity contribution in [2.45, 2.75) is 26.1 Å². The molecule has 4 aromatic rings. The fraction of sp³-hybridized carbons (Fsp3) is 0.273. The summed E-state index contributed by atoms with van der Waals surface area (Å²) in [5.74, 6) is 0.509. The van der Waals surface area contributed by atoms with Crippen LogP contribution >= 0.6 is 15.9 Å². The SMILES string of the molecule is COCCCN(CC(=O)N(Cc1ccccc1)Cc1cccn1Cc1cccc(OC)c1)C(=O)c1ccc(Br)cc1. The highest BCUT2D eigenvalue weighted by Crippen LogP contribution is 2.18. The van der Waals surface area contributed by atoms with Crippen LogP contribution in [-0.2, 0) is 29.2 Å². The number of methoxy groups -OCH3 is 2. The minimum Gasteiger partial charge on any atom is -0.497 e. The van der Waals surface area contributed by atoms with Crippen LogP contribution in [0.5, 0.6) is 5.75 Å². The molecule has 0 radical (unpaired) electrons. The van der Waals surface area contributed by atoms with Crippen LogP contribution in [0.3, 0.4) is 0 Å². The third-order valence-electron chi connectivity index (χ3n) is 6.81. The van der Waals surface area contributed by atoms with Gasteiger partial charge in [0.15, 0.2) is 0 Å². The Hall–Kier alpha value is -3.88. The molecular formula is C33H36BrN3O4. The highest BCUT2D eigenvalue weighted by molar-refractivity contribution is 9.10. The molecule has 0 aliphatic carbocycles. The maximum absolute atomic E-state index is 13.9. The summed E-state index contributed by atoms with van der Waals surface area (Å²) >= 11 is 3.43. The van der Waals surface area contributed by atoms with Gasteiger partial charge in [0.05, 0.1) is 13.7 Å². The number of carbonyl (C=O) groups is 2. The number of carbonyl (C=O) groups excluding carboxylic acids is 2. The minimum absolute atomic E-state index is 0.0258. The van der Waals surface area contributed by atoms with Gasteiger partial charge >= 0.3 is 0 Å². The van der Waals surface area contributed by atoms with Gasteiger partial charge in [0.25, 0.3) is 5.91 Å². The second kappa shape index (κ2) is 15.2. The lowest BCUT2D eigenvalue weighted by Crippen LogP contribution is -2.43. The topological polar surface area (TPSA) is 64.0 Å². The van der Waals surface area contributed by atoms with E-state index in [4.69, 9.17) is 9.47 Å².